The first kappa shape index (κ1) is 14.4. The molecule has 0 saturated carbocycles. The van der Waals surface area contributed by atoms with Crippen LogP contribution < -0.4 is 5.32 Å². The number of benzene rings is 1. The van der Waals surface area contributed by atoms with Gasteiger partial charge in [-0.15, -0.1) is 0 Å². The van der Waals surface area contributed by atoms with Crippen molar-refractivity contribution in [2.75, 3.05) is 26.7 Å². The Morgan fingerprint density at radius 2 is 2.12 bits per heavy atom. The highest BCUT2D eigenvalue weighted by Gasteiger charge is 2.05. The van der Waals surface area contributed by atoms with Gasteiger partial charge in [-0.05, 0) is 43.8 Å². The van der Waals surface area contributed by atoms with Crippen molar-refractivity contribution in [3.63, 3.8) is 0 Å². The van der Waals surface area contributed by atoms with Gasteiger partial charge in [-0.2, -0.15) is 0 Å². The Bertz CT molecular complexity index is 344. The van der Waals surface area contributed by atoms with E-state index in [0.29, 0.717) is 11.6 Å². The van der Waals surface area contributed by atoms with Gasteiger partial charge in [-0.1, -0.05) is 18.5 Å². The van der Waals surface area contributed by atoms with E-state index in [-0.39, 0.29) is 5.82 Å². The fourth-order valence-corrected chi connectivity index (χ4v) is 1.78. The zero-order valence-electron chi connectivity index (χ0n) is 10.5. The molecule has 0 saturated heterocycles. The van der Waals surface area contributed by atoms with Gasteiger partial charge in [0.05, 0.1) is 0 Å². The van der Waals surface area contributed by atoms with Crippen LogP contribution in [-0.2, 0) is 6.54 Å². The summed E-state index contributed by atoms with van der Waals surface area (Å²) >= 11 is 6.02. The summed E-state index contributed by atoms with van der Waals surface area (Å²) in [6.07, 6.45) is 1.14. The standard InChI is InChI=1S/C13H20ClFN2/c1-3-6-16-7-8-17(2)10-11-9-12(15)4-5-13(11)14/h4-5,9,16H,3,6-8,10H2,1-2H3. The summed E-state index contributed by atoms with van der Waals surface area (Å²) in [6, 6.07) is 4.49. The molecule has 0 spiro atoms. The predicted octanol–water partition coefficient (Wildman–Crippen LogP) is 2.91. The largest absolute Gasteiger partial charge is 0.315 e. The number of hydrogen-bond acceptors (Lipinski definition) is 2. The van der Waals surface area contributed by atoms with Crippen LogP contribution in [0.1, 0.15) is 18.9 Å². The molecular weight excluding hydrogens is 239 g/mol. The lowest BCUT2D eigenvalue weighted by Gasteiger charge is -2.17. The van der Waals surface area contributed by atoms with Crippen LogP contribution in [0.5, 0.6) is 0 Å². The van der Waals surface area contributed by atoms with E-state index in [1.165, 1.54) is 12.1 Å². The zero-order valence-corrected chi connectivity index (χ0v) is 11.2. The lowest BCUT2D eigenvalue weighted by Crippen LogP contribution is -2.29. The van der Waals surface area contributed by atoms with Crippen molar-refractivity contribution in [2.45, 2.75) is 19.9 Å². The Morgan fingerprint density at radius 1 is 1.35 bits per heavy atom. The van der Waals surface area contributed by atoms with Crippen molar-refractivity contribution in [1.82, 2.24) is 10.2 Å². The monoisotopic (exact) mass is 258 g/mol. The number of nitrogens with zero attached hydrogens (tertiary/aromatic N) is 1. The fraction of sp³-hybridized carbons (Fsp3) is 0.538. The van der Waals surface area contributed by atoms with Gasteiger partial charge in [0, 0.05) is 24.7 Å². The number of nitrogens with one attached hydrogen (secondary N) is 1. The first-order chi connectivity index (χ1) is 8.13. The summed E-state index contributed by atoms with van der Waals surface area (Å²) in [5, 5.41) is 3.95. The van der Waals surface area contributed by atoms with Gasteiger partial charge in [0.15, 0.2) is 0 Å². The van der Waals surface area contributed by atoms with Crippen LogP contribution in [0.15, 0.2) is 18.2 Å². The molecule has 4 heteroatoms. The van der Waals surface area contributed by atoms with Gasteiger partial charge in [-0.3, -0.25) is 0 Å². The van der Waals surface area contributed by atoms with Crippen molar-refractivity contribution < 1.29 is 4.39 Å². The summed E-state index contributed by atoms with van der Waals surface area (Å²) < 4.78 is 13.1. The second-order valence-corrected chi connectivity index (χ2v) is 4.63. The van der Waals surface area contributed by atoms with Gasteiger partial charge in [-0.25, -0.2) is 4.39 Å². The molecule has 0 aliphatic rings. The van der Waals surface area contributed by atoms with Gasteiger partial charge < -0.3 is 10.2 Å². The molecule has 0 radical (unpaired) electrons. The summed E-state index contributed by atoms with van der Waals surface area (Å²) in [5.74, 6) is -0.234. The molecule has 0 amide bonds. The molecule has 1 N–H and O–H groups in total. The van der Waals surface area contributed by atoms with Crippen molar-refractivity contribution >= 4 is 11.6 Å². The van der Waals surface area contributed by atoms with Crippen LogP contribution in [0, 0.1) is 5.82 Å². The van der Waals surface area contributed by atoms with E-state index in [4.69, 9.17) is 11.6 Å². The molecule has 96 valence electrons. The van der Waals surface area contributed by atoms with E-state index in [9.17, 15) is 4.39 Å². The molecule has 1 rings (SSSR count). The quantitative estimate of drug-likeness (QED) is 0.757. The van der Waals surface area contributed by atoms with Gasteiger partial charge in [0.2, 0.25) is 0 Å². The molecule has 0 aliphatic carbocycles. The van der Waals surface area contributed by atoms with Crippen molar-refractivity contribution in [1.29, 1.82) is 0 Å². The van der Waals surface area contributed by atoms with Crippen molar-refractivity contribution in [2.24, 2.45) is 0 Å². The lowest BCUT2D eigenvalue weighted by atomic mass is 10.2. The Balaban J connectivity index is 2.39. The van der Waals surface area contributed by atoms with Crippen LogP contribution in [-0.4, -0.2) is 31.6 Å². The highest BCUT2D eigenvalue weighted by molar-refractivity contribution is 6.31. The van der Waals surface area contributed by atoms with Crippen molar-refractivity contribution in [3.05, 3.63) is 34.6 Å². The zero-order chi connectivity index (χ0) is 12.7. The molecule has 0 fully saturated rings. The predicted molar refractivity (Wildman–Crippen MR) is 70.9 cm³/mol. The maximum atomic E-state index is 13.1. The number of likely N-dealkylation sites (N-methyl/N-ethyl adjacent to an activating group) is 1. The van der Waals surface area contributed by atoms with Crippen LogP contribution in [0.25, 0.3) is 0 Å². The average molecular weight is 259 g/mol. The Kier molecular flexibility index (Phi) is 6.48. The minimum atomic E-state index is -0.234. The van der Waals surface area contributed by atoms with E-state index in [2.05, 4.69) is 17.1 Å². The molecule has 0 atom stereocenters. The molecule has 17 heavy (non-hydrogen) atoms. The highest BCUT2D eigenvalue weighted by atomic mass is 35.5. The lowest BCUT2D eigenvalue weighted by molar-refractivity contribution is 0.324. The Hall–Kier alpha value is -0.640. The number of rotatable bonds is 7. The molecule has 0 bridgehead atoms. The molecule has 0 aliphatic heterocycles. The minimum Gasteiger partial charge on any atom is -0.315 e. The Labute approximate surface area is 108 Å². The third kappa shape index (κ3) is 5.48. The maximum Gasteiger partial charge on any atom is 0.123 e. The minimum absolute atomic E-state index is 0.234. The van der Waals surface area contributed by atoms with Crippen LogP contribution in [0.4, 0.5) is 4.39 Å². The van der Waals surface area contributed by atoms with E-state index in [1.807, 2.05) is 7.05 Å². The number of halogens is 2. The number of hydrogen-bond donors (Lipinski definition) is 1. The third-order valence-corrected chi connectivity index (χ3v) is 2.91. The summed E-state index contributed by atoms with van der Waals surface area (Å²) in [4.78, 5) is 2.13. The van der Waals surface area contributed by atoms with E-state index < -0.39 is 0 Å². The van der Waals surface area contributed by atoms with Crippen LogP contribution in [0.2, 0.25) is 5.02 Å². The summed E-state index contributed by atoms with van der Waals surface area (Å²) in [5.41, 5.74) is 0.838. The maximum absolute atomic E-state index is 13.1. The van der Waals surface area contributed by atoms with Gasteiger partial charge in [0.25, 0.3) is 0 Å². The third-order valence-electron chi connectivity index (χ3n) is 2.55. The van der Waals surface area contributed by atoms with Gasteiger partial charge in [0.1, 0.15) is 5.82 Å². The first-order valence-electron chi connectivity index (χ1n) is 5.96. The molecule has 1 aromatic carbocycles. The van der Waals surface area contributed by atoms with E-state index in [0.717, 1.165) is 31.6 Å². The topological polar surface area (TPSA) is 15.3 Å². The molecule has 0 unspecified atom stereocenters. The SMILES string of the molecule is CCCNCCN(C)Cc1cc(F)ccc1Cl. The first-order valence-corrected chi connectivity index (χ1v) is 6.34. The van der Waals surface area contributed by atoms with E-state index in [1.54, 1.807) is 6.07 Å². The van der Waals surface area contributed by atoms with Crippen LogP contribution >= 0.6 is 11.6 Å². The van der Waals surface area contributed by atoms with Gasteiger partial charge >= 0.3 is 0 Å². The van der Waals surface area contributed by atoms with Crippen molar-refractivity contribution in [3.8, 4) is 0 Å². The molecular formula is C13H20ClFN2. The van der Waals surface area contributed by atoms with Crippen LogP contribution in [0.3, 0.4) is 0 Å². The molecule has 2 nitrogen and oxygen atoms in total. The fourth-order valence-electron chi connectivity index (χ4n) is 1.61. The molecule has 0 aromatic heterocycles. The second-order valence-electron chi connectivity index (χ2n) is 4.22. The van der Waals surface area contributed by atoms with E-state index >= 15 is 0 Å². The smallest absolute Gasteiger partial charge is 0.123 e. The second kappa shape index (κ2) is 7.64. The molecule has 0 heterocycles. The average Bonchev–Trinajstić information content (AvgIpc) is 2.29. The summed E-state index contributed by atoms with van der Waals surface area (Å²) in [6.45, 7) is 5.71. The summed E-state index contributed by atoms with van der Waals surface area (Å²) in [7, 11) is 2.01. The highest BCUT2D eigenvalue weighted by Crippen LogP contribution is 2.18. The molecule has 1 aromatic rings. The Morgan fingerprint density at radius 3 is 2.82 bits per heavy atom. The normalized spacial score (nSPS) is 11.1.